The minimum absolute atomic E-state index is 0.299. The Labute approximate surface area is 176 Å². The van der Waals surface area contributed by atoms with Crippen LogP contribution in [-0.2, 0) is 16.6 Å². The van der Waals surface area contributed by atoms with Crippen molar-refractivity contribution in [3.8, 4) is 0 Å². The normalized spacial score (nSPS) is 11.6. The van der Waals surface area contributed by atoms with E-state index < -0.39 is 10.0 Å². The standard InChI is InChI=1S/C25H33NO2S/c1-18(2)22(6)14-20(4)16-26(17-24-11-10-21(5)23(7)15-24)29(27,28)25-12-8-19(3)9-13-25/h8-13,15H,4,14,16-17H2,1-3,5-7H3. The molecule has 0 bridgehead atoms. The lowest BCUT2D eigenvalue weighted by molar-refractivity contribution is 0.429. The average molecular weight is 412 g/mol. The number of allylic oxidation sites excluding steroid dienone is 2. The van der Waals surface area contributed by atoms with Gasteiger partial charge < -0.3 is 0 Å². The maximum absolute atomic E-state index is 13.4. The highest BCUT2D eigenvalue weighted by Gasteiger charge is 2.25. The fourth-order valence-electron chi connectivity index (χ4n) is 3.05. The van der Waals surface area contributed by atoms with Gasteiger partial charge in [0.2, 0.25) is 10.0 Å². The zero-order valence-electron chi connectivity index (χ0n) is 18.5. The van der Waals surface area contributed by atoms with Crippen LogP contribution in [0.15, 0.2) is 70.7 Å². The highest BCUT2D eigenvalue weighted by molar-refractivity contribution is 7.89. The van der Waals surface area contributed by atoms with Crippen LogP contribution in [0.25, 0.3) is 0 Å². The molecule has 4 heteroatoms. The Balaban J connectivity index is 2.38. The van der Waals surface area contributed by atoms with Gasteiger partial charge in [-0.15, -0.1) is 0 Å². The third-order valence-electron chi connectivity index (χ3n) is 5.36. The van der Waals surface area contributed by atoms with E-state index in [1.807, 2.05) is 31.2 Å². The Hall–Kier alpha value is -2.17. The molecule has 0 aliphatic rings. The molecule has 3 nitrogen and oxygen atoms in total. The summed E-state index contributed by atoms with van der Waals surface area (Å²) >= 11 is 0. The molecule has 0 atom stereocenters. The second kappa shape index (κ2) is 9.55. The first kappa shape index (κ1) is 23.1. The average Bonchev–Trinajstić information content (AvgIpc) is 2.64. The molecule has 2 aromatic carbocycles. The fraction of sp³-hybridized carbons (Fsp3) is 0.360. The van der Waals surface area contributed by atoms with Gasteiger partial charge in [0.15, 0.2) is 0 Å². The summed E-state index contributed by atoms with van der Waals surface area (Å²) in [6.45, 7) is 17.1. The Morgan fingerprint density at radius 1 is 0.931 bits per heavy atom. The first-order valence-electron chi connectivity index (χ1n) is 9.93. The number of hydrogen-bond donors (Lipinski definition) is 0. The minimum Gasteiger partial charge on any atom is -0.207 e. The molecule has 29 heavy (non-hydrogen) atoms. The quantitative estimate of drug-likeness (QED) is 0.492. The lowest BCUT2D eigenvalue weighted by Crippen LogP contribution is -2.32. The van der Waals surface area contributed by atoms with Crippen LogP contribution in [0.2, 0.25) is 0 Å². The summed E-state index contributed by atoms with van der Waals surface area (Å²) in [6, 6.07) is 13.2. The van der Waals surface area contributed by atoms with E-state index in [0.29, 0.717) is 24.4 Å². The number of nitrogens with zero attached hydrogens (tertiary/aromatic N) is 1. The molecule has 0 amide bonds. The summed E-state index contributed by atoms with van der Waals surface area (Å²) in [5.41, 5.74) is 7.74. The first-order valence-corrected chi connectivity index (χ1v) is 11.4. The summed E-state index contributed by atoms with van der Waals surface area (Å²) in [5.74, 6) is 0. The van der Waals surface area contributed by atoms with Gasteiger partial charge in [0.25, 0.3) is 0 Å². The first-order chi connectivity index (χ1) is 13.5. The minimum atomic E-state index is -3.63. The van der Waals surface area contributed by atoms with Gasteiger partial charge >= 0.3 is 0 Å². The lowest BCUT2D eigenvalue weighted by Gasteiger charge is -2.24. The van der Waals surface area contributed by atoms with E-state index in [-0.39, 0.29) is 0 Å². The summed E-state index contributed by atoms with van der Waals surface area (Å²) in [6.07, 6.45) is 0.704. The molecular formula is C25H33NO2S. The van der Waals surface area contributed by atoms with E-state index >= 15 is 0 Å². The monoisotopic (exact) mass is 411 g/mol. The van der Waals surface area contributed by atoms with Crippen molar-refractivity contribution < 1.29 is 8.42 Å². The number of hydrogen-bond acceptors (Lipinski definition) is 2. The summed E-state index contributed by atoms with van der Waals surface area (Å²) in [7, 11) is -3.63. The number of sulfonamides is 1. The second-order valence-corrected chi connectivity index (χ2v) is 10.1. The van der Waals surface area contributed by atoms with E-state index in [0.717, 1.165) is 22.3 Å². The molecule has 0 aliphatic carbocycles. The topological polar surface area (TPSA) is 37.4 Å². The third-order valence-corrected chi connectivity index (χ3v) is 7.16. The molecule has 0 radical (unpaired) electrons. The van der Waals surface area contributed by atoms with Gasteiger partial charge in [0, 0.05) is 13.1 Å². The van der Waals surface area contributed by atoms with Crippen LogP contribution in [0.5, 0.6) is 0 Å². The van der Waals surface area contributed by atoms with Crippen molar-refractivity contribution in [1.29, 1.82) is 0 Å². The molecular weight excluding hydrogens is 378 g/mol. The van der Waals surface area contributed by atoms with Gasteiger partial charge in [-0.25, -0.2) is 8.42 Å². The predicted molar refractivity (Wildman–Crippen MR) is 122 cm³/mol. The van der Waals surface area contributed by atoms with Gasteiger partial charge in [0.05, 0.1) is 4.90 Å². The van der Waals surface area contributed by atoms with Crippen LogP contribution >= 0.6 is 0 Å². The van der Waals surface area contributed by atoms with E-state index in [2.05, 4.69) is 47.3 Å². The highest BCUT2D eigenvalue weighted by atomic mass is 32.2. The van der Waals surface area contributed by atoms with Crippen molar-refractivity contribution in [1.82, 2.24) is 4.31 Å². The molecule has 156 valence electrons. The largest absolute Gasteiger partial charge is 0.243 e. The van der Waals surface area contributed by atoms with E-state index in [4.69, 9.17) is 0 Å². The molecule has 0 fully saturated rings. The van der Waals surface area contributed by atoms with Crippen molar-refractivity contribution in [3.05, 3.63) is 88.0 Å². The molecule has 0 unspecified atom stereocenters. The fourth-order valence-corrected chi connectivity index (χ4v) is 4.50. The molecule has 0 heterocycles. The number of aryl methyl sites for hydroxylation is 3. The Morgan fingerprint density at radius 3 is 2.10 bits per heavy atom. The molecule has 0 N–H and O–H groups in total. The summed E-state index contributed by atoms with van der Waals surface area (Å²) in [4.78, 5) is 0.318. The van der Waals surface area contributed by atoms with Crippen molar-refractivity contribution in [2.75, 3.05) is 6.54 Å². The highest BCUT2D eigenvalue weighted by Crippen LogP contribution is 2.23. The van der Waals surface area contributed by atoms with Crippen LogP contribution in [-0.4, -0.2) is 19.3 Å². The van der Waals surface area contributed by atoms with E-state index in [9.17, 15) is 8.42 Å². The number of benzene rings is 2. The summed E-state index contributed by atoms with van der Waals surface area (Å²) < 4.78 is 28.4. The molecule has 0 saturated heterocycles. The lowest BCUT2D eigenvalue weighted by atomic mass is 10.0. The molecule has 2 rings (SSSR count). The maximum atomic E-state index is 13.4. The van der Waals surface area contributed by atoms with Crippen molar-refractivity contribution in [2.45, 2.75) is 59.4 Å². The van der Waals surface area contributed by atoms with Crippen LogP contribution in [0.4, 0.5) is 0 Å². The predicted octanol–water partition coefficient (Wildman–Crippen LogP) is 6.11. The maximum Gasteiger partial charge on any atom is 0.243 e. The van der Waals surface area contributed by atoms with Gasteiger partial charge in [-0.1, -0.05) is 59.2 Å². The SMILES string of the molecule is C=C(CC(C)=C(C)C)CN(Cc1ccc(C)c(C)c1)S(=O)(=O)c1ccc(C)cc1. The van der Waals surface area contributed by atoms with Gasteiger partial charge in [-0.2, -0.15) is 4.31 Å². The second-order valence-electron chi connectivity index (χ2n) is 8.21. The van der Waals surface area contributed by atoms with Gasteiger partial charge in [0.1, 0.15) is 0 Å². The zero-order chi connectivity index (χ0) is 21.8. The molecule has 0 spiro atoms. The van der Waals surface area contributed by atoms with E-state index in [1.165, 1.54) is 16.7 Å². The van der Waals surface area contributed by atoms with Crippen LogP contribution in [0.1, 0.15) is 49.4 Å². The van der Waals surface area contributed by atoms with E-state index in [1.54, 1.807) is 16.4 Å². The van der Waals surface area contributed by atoms with Crippen LogP contribution < -0.4 is 0 Å². The Morgan fingerprint density at radius 2 is 1.55 bits per heavy atom. The van der Waals surface area contributed by atoms with Crippen molar-refractivity contribution in [2.24, 2.45) is 0 Å². The van der Waals surface area contributed by atoms with Gasteiger partial charge in [-0.3, -0.25) is 0 Å². The van der Waals surface area contributed by atoms with Crippen molar-refractivity contribution >= 4 is 10.0 Å². The molecule has 0 aliphatic heterocycles. The summed E-state index contributed by atoms with van der Waals surface area (Å²) in [5, 5.41) is 0. The van der Waals surface area contributed by atoms with Crippen LogP contribution in [0.3, 0.4) is 0 Å². The van der Waals surface area contributed by atoms with Crippen molar-refractivity contribution in [3.63, 3.8) is 0 Å². The molecule has 0 saturated carbocycles. The molecule has 0 aromatic heterocycles. The Kier molecular flexibility index (Phi) is 7.61. The number of rotatable bonds is 8. The Bertz CT molecular complexity index is 1010. The van der Waals surface area contributed by atoms with Gasteiger partial charge in [-0.05, 0) is 76.8 Å². The zero-order valence-corrected chi connectivity index (χ0v) is 19.4. The van der Waals surface area contributed by atoms with Crippen LogP contribution in [0, 0.1) is 20.8 Å². The third kappa shape index (κ3) is 6.15. The molecule has 2 aromatic rings. The smallest absolute Gasteiger partial charge is 0.207 e.